The lowest BCUT2D eigenvalue weighted by molar-refractivity contribution is -0.105. The van der Waals surface area contributed by atoms with E-state index >= 15 is 0 Å². The molecule has 0 amide bonds. The molecule has 0 aromatic heterocycles. The molecule has 0 radical (unpaired) electrons. The van der Waals surface area contributed by atoms with Crippen LogP contribution < -0.4 is 4.90 Å². The molecule has 1 saturated heterocycles. The van der Waals surface area contributed by atoms with Crippen LogP contribution in [0.3, 0.4) is 0 Å². The van der Waals surface area contributed by atoms with Gasteiger partial charge >= 0.3 is 0 Å². The predicted molar refractivity (Wildman–Crippen MR) is 135 cm³/mol. The van der Waals surface area contributed by atoms with Crippen LogP contribution >= 0.6 is 23.2 Å². The average molecular weight is 472 g/mol. The number of likely N-dealkylation sites (tertiary alicyclic amines) is 1. The van der Waals surface area contributed by atoms with Crippen LogP contribution in [0, 0.1) is 5.41 Å². The van der Waals surface area contributed by atoms with Crippen molar-refractivity contribution in [3.8, 4) is 0 Å². The fraction of sp³-hybridized carbons (Fsp3) is 0.462. The summed E-state index contributed by atoms with van der Waals surface area (Å²) >= 11 is 12.6. The zero-order chi connectivity index (χ0) is 22.9. The number of carbonyl (C=O) groups is 1. The van der Waals surface area contributed by atoms with Gasteiger partial charge in [0.25, 0.3) is 0 Å². The topological polar surface area (TPSA) is 35.9 Å². The Kier molecular flexibility index (Phi) is 6.83. The highest BCUT2D eigenvalue weighted by molar-refractivity contribution is 6.44. The van der Waals surface area contributed by atoms with Crippen molar-refractivity contribution in [3.63, 3.8) is 0 Å². The number of piperidine rings is 1. The second kappa shape index (κ2) is 9.44. The van der Waals surface area contributed by atoms with Crippen molar-refractivity contribution < 1.29 is 4.79 Å². The molecule has 1 saturated carbocycles. The number of carbonyl (C=O) groups excluding carboxylic acids is 1. The van der Waals surface area contributed by atoms with E-state index in [0.717, 1.165) is 49.6 Å². The molecule has 1 aromatic rings. The van der Waals surface area contributed by atoms with Gasteiger partial charge in [-0.1, -0.05) is 41.4 Å². The molecule has 1 spiro atoms. The third-order valence-electron chi connectivity index (χ3n) is 7.19. The zero-order valence-electron chi connectivity index (χ0n) is 19.1. The molecule has 0 N–H and O–H groups in total. The van der Waals surface area contributed by atoms with Gasteiger partial charge in [-0.25, -0.2) is 4.99 Å². The van der Waals surface area contributed by atoms with Gasteiger partial charge in [0, 0.05) is 25.7 Å². The van der Waals surface area contributed by atoms with Crippen LogP contribution in [0.25, 0.3) is 0 Å². The number of aliphatic imine (C=N–C) groups is 1. The molecule has 2 aliphatic carbocycles. The first kappa shape index (κ1) is 23.1. The van der Waals surface area contributed by atoms with Crippen LogP contribution in [0.4, 0.5) is 5.69 Å². The summed E-state index contributed by atoms with van der Waals surface area (Å²) in [7, 11) is 1.91. The Morgan fingerprint density at radius 1 is 1.09 bits per heavy atom. The first-order valence-corrected chi connectivity index (χ1v) is 12.1. The first-order chi connectivity index (χ1) is 15.3. The minimum atomic E-state index is 0.378. The average Bonchev–Trinajstić information content (AvgIpc) is 3.16. The van der Waals surface area contributed by atoms with E-state index in [0.29, 0.717) is 21.0 Å². The summed E-state index contributed by atoms with van der Waals surface area (Å²) in [4.78, 5) is 20.8. The van der Waals surface area contributed by atoms with Crippen LogP contribution in [-0.2, 0) is 4.79 Å². The highest BCUT2D eigenvalue weighted by atomic mass is 35.5. The normalized spacial score (nSPS) is 21.0. The van der Waals surface area contributed by atoms with Gasteiger partial charge in [0.2, 0.25) is 0 Å². The number of hydrogen-bond acceptors (Lipinski definition) is 3. The van der Waals surface area contributed by atoms with Gasteiger partial charge in [0.05, 0.1) is 15.7 Å². The molecular weight excluding hydrogens is 441 g/mol. The van der Waals surface area contributed by atoms with Gasteiger partial charge in [-0.2, -0.15) is 0 Å². The molecule has 3 aliphatic rings. The second-order valence-electron chi connectivity index (χ2n) is 9.29. The molecule has 4 nitrogen and oxygen atoms in total. The molecule has 0 unspecified atom stereocenters. The van der Waals surface area contributed by atoms with E-state index in [1.54, 1.807) is 17.2 Å². The maximum atomic E-state index is 11.7. The Morgan fingerprint density at radius 3 is 2.31 bits per heavy atom. The van der Waals surface area contributed by atoms with Crippen molar-refractivity contribution in [2.75, 3.05) is 25.0 Å². The van der Waals surface area contributed by atoms with Crippen molar-refractivity contribution in [3.05, 3.63) is 62.9 Å². The summed E-state index contributed by atoms with van der Waals surface area (Å²) in [5.74, 6) is 1.51. The summed E-state index contributed by atoms with van der Waals surface area (Å²) in [5, 5.41) is 1.00. The van der Waals surface area contributed by atoms with E-state index in [4.69, 9.17) is 28.2 Å². The highest BCUT2D eigenvalue weighted by Crippen LogP contribution is 2.52. The van der Waals surface area contributed by atoms with E-state index in [2.05, 4.69) is 17.1 Å². The minimum Gasteiger partial charge on any atom is -0.356 e. The lowest BCUT2D eigenvalue weighted by atomic mass is 9.76. The van der Waals surface area contributed by atoms with Crippen molar-refractivity contribution in [1.82, 2.24) is 4.90 Å². The maximum absolute atomic E-state index is 11.7. The Labute approximate surface area is 201 Å². The second-order valence-corrected chi connectivity index (χ2v) is 10.1. The van der Waals surface area contributed by atoms with Gasteiger partial charge < -0.3 is 9.80 Å². The molecule has 32 heavy (non-hydrogen) atoms. The molecule has 170 valence electrons. The number of anilines is 1. The van der Waals surface area contributed by atoms with Crippen LogP contribution in [0.2, 0.25) is 10.0 Å². The largest absolute Gasteiger partial charge is 0.356 e. The van der Waals surface area contributed by atoms with Crippen LogP contribution in [0.15, 0.2) is 57.9 Å². The molecule has 1 aromatic carbocycles. The number of rotatable bonds is 4. The Bertz CT molecular complexity index is 1010. The zero-order valence-corrected chi connectivity index (χ0v) is 20.6. The number of nitrogens with zero attached hydrogens (tertiary/aromatic N) is 3. The number of amidine groups is 1. The lowest BCUT2D eigenvalue weighted by Gasteiger charge is -2.40. The molecule has 0 bridgehead atoms. The fourth-order valence-corrected chi connectivity index (χ4v) is 5.60. The van der Waals surface area contributed by atoms with E-state index in [1.807, 2.05) is 37.9 Å². The number of benzene rings is 1. The number of hydrogen-bond donors (Lipinski definition) is 0. The molecule has 0 atom stereocenters. The quantitative estimate of drug-likeness (QED) is 0.209. The predicted octanol–water partition coefficient (Wildman–Crippen LogP) is 6.80. The third-order valence-corrected chi connectivity index (χ3v) is 8.00. The number of fused-ring (bicyclic) bond motifs is 1. The molecular formula is C26H31Cl2N3O. The van der Waals surface area contributed by atoms with Gasteiger partial charge in [0.15, 0.2) is 0 Å². The monoisotopic (exact) mass is 471 g/mol. The van der Waals surface area contributed by atoms with Crippen molar-refractivity contribution in [1.29, 1.82) is 0 Å². The van der Waals surface area contributed by atoms with Crippen molar-refractivity contribution in [2.45, 2.75) is 52.4 Å². The summed E-state index contributed by atoms with van der Waals surface area (Å²) in [6, 6.07) is 5.55. The van der Waals surface area contributed by atoms with E-state index in [-0.39, 0.29) is 0 Å². The number of halogens is 2. The van der Waals surface area contributed by atoms with E-state index < -0.39 is 0 Å². The summed E-state index contributed by atoms with van der Waals surface area (Å²) in [6.45, 7) is 5.61. The summed E-state index contributed by atoms with van der Waals surface area (Å²) < 4.78 is 0. The van der Waals surface area contributed by atoms with Gasteiger partial charge in [-0.15, -0.1) is 0 Å². The van der Waals surface area contributed by atoms with Gasteiger partial charge in [-0.3, -0.25) is 4.79 Å². The van der Waals surface area contributed by atoms with Crippen LogP contribution in [-0.4, -0.2) is 37.2 Å². The van der Waals surface area contributed by atoms with E-state index in [9.17, 15) is 4.79 Å². The fourth-order valence-electron chi connectivity index (χ4n) is 5.18. The molecule has 4 rings (SSSR count). The summed E-state index contributed by atoms with van der Waals surface area (Å²) in [6.07, 6.45) is 12.8. The molecule has 6 heteroatoms. The molecule has 2 fully saturated rings. The molecule has 1 aliphatic heterocycles. The Morgan fingerprint density at radius 2 is 1.72 bits per heavy atom. The smallest absolute Gasteiger partial charge is 0.149 e. The highest BCUT2D eigenvalue weighted by Gasteiger charge is 2.42. The van der Waals surface area contributed by atoms with Crippen molar-refractivity contribution in [2.24, 2.45) is 10.4 Å². The van der Waals surface area contributed by atoms with Gasteiger partial charge in [0.1, 0.15) is 17.9 Å². The van der Waals surface area contributed by atoms with Crippen LogP contribution in [0.5, 0.6) is 0 Å². The Balaban J connectivity index is 1.53. The summed E-state index contributed by atoms with van der Waals surface area (Å²) in [5.41, 5.74) is 4.98. The maximum Gasteiger partial charge on any atom is 0.149 e. The number of allylic oxidation sites excluding steroid dienone is 5. The van der Waals surface area contributed by atoms with E-state index in [1.165, 1.54) is 25.7 Å². The standard InChI is InChI=1S/C26H31Cl2N3O/c1-18(17-32)25(29-19(2)30(3)23-10-6-9-22(27)24(23)28)31-13-11-26(12-14-31)15-20-7-4-5-8-21(20)16-26/h6-10,17H,4-5,11-16H2,1-3H3/b25-18+,29-19-. The molecule has 1 heterocycles. The van der Waals surface area contributed by atoms with Crippen LogP contribution in [0.1, 0.15) is 52.4 Å². The third kappa shape index (κ3) is 4.53. The number of aldehydes is 1. The van der Waals surface area contributed by atoms with Gasteiger partial charge in [-0.05, 0) is 81.1 Å². The lowest BCUT2D eigenvalue weighted by Crippen LogP contribution is -2.39. The SMILES string of the molecule is C/C(=N/C(=C(/C)C=O)N1CCC2(CC1)CC1=CCCC=C1C2)N(C)c1cccc(Cl)c1Cl. The minimum absolute atomic E-state index is 0.378. The first-order valence-electron chi connectivity index (χ1n) is 11.4. The Hall–Kier alpha value is -2.04. The van der Waals surface area contributed by atoms with Crippen molar-refractivity contribution >= 4 is 41.0 Å².